The number of carbonyl (C=O) groups excluding carboxylic acids is 1. The van der Waals surface area contributed by atoms with Crippen molar-refractivity contribution in [3.8, 4) is 0 Å². The van der Waals surface area contributed by atoms with Gasteiger partial charge in [0.05, 0.1) is 25.9 Å². The van der Waals surface area contributed by atoms with Crippen molar-refractivity contribution in [3.05, 3.63) is 0 Å². The molecule has 2 unspecified atom stereocenters. The van der Waals surface area contributed by atoms with E-state index in [1.165, 1.54) is 0 Å². The fourth-order valence-corrected chi connectivity index (χ4v) is 1.50. The van der Waals surface area contributed by atoms with E-state index in [1.807, 2.05) is 13.8 Å². The van der Waals surface area contributed by atoms with Crippen molar-refractivity contribution in [2.24, 2.45) is 5.92 Å². The Bertz CT molecular complexity index is 205. The fraction of sp³-hybridized carbons (Fsp3) is 0.909. The molecule has 0 spiro atoms. The Hall–Kier alpha value is -0.650. The molecule has 0 aromatic heterocycles. The highest BCUT2D eigenvalue weighted by Gasteiger charge is 2.17. The van der Waals surface area contributed by atoms with Crippen LogP contribution in [0.15, 0.2) is 0 Å². The highest BCUT2D eigenvalue weighted by Crippen LogP contribution is 2.00. The third-order valence-electron chi connectivity index (χ3n) is 2.54. The molecule has 0 saturated carbocycles. The van der Waals surface area contributed by atoms with Crippen LogP contribution < -0.4 is 10.6 Å². The second kappa shape index (κ2) is 7.60. The summed E-state index contributed by atoms with van der Waals surface area (Å²) in [5.74, 6) is 0.0552. The summed E-state index contributed by atoms with van der Waals surface area (Å²) >= 11 is 0. The van der Waals surface area contributed by atoms with Gasteiger partial charge in [0, 0.05) is 19.0 Å². The van der Waals surface area contributed by atoms with Crippen molar-refractivity contribution >= 4 is 5.91 Å². The molecular weight excluding hydrogens is 208 g/mol. The Morgan fingerprint density at radius 3 is 2.94 bits per heavy atom. The summed E-state index contributed by atoms with van der Waals surface area (Å²) in [6.07, 6.45) is 0.00374. The van der Waals surface area contributed by atoms with E-state index in [1.54, 1.807) is 0 Å². The summed E-state index contributed by atoms with van der Waals surface area (Å²) in [6, 6.07) is 0. The number of rotatable bonds is 6. The molecule has 2 N–H and O–H groups in total. The fourth-order valence-electron chi connectivity index (χ4n) is 1.50. The molecule has 5 nitrogen and oxygen atoms in total. The van der Waals surface area contributed by atoms with Gasteiger partial charge in [0.15, 0.2) is 0 Å². The summed E-state index contributed by atoms with van der Waals surface area (Å²) in [6.45, 7) is 7.92. The van der Waals surface area contributed by atoms with Crippen molar-refractivity contribution < 1.29 is 14.3 Å². The van der Waals surface area contributed by atoms with Crippen molar-refractivity contribution in [3.63, 3.8) is 0 Å². The minimum atomic E-state index is -0.00976. The molecule has 1 amide bonds. The lowest BCUT2D eigenvalue weighted by molar-refractivity contribution is -0.127. The zero-order valence-corrected chi connectivity index (χ0v) is 10.1. The van der Waals surface area contributed by atoms with Crippen molar-refractivity contribution in [2.45, 2.75) is 20.0 Å². The summed E-state index contributed by atoms with van der Waals surface area (Å²) in [5, 5.41) is 6.03. The second-order valence-electron chi connectivity index (χ2n) is 4.02. The molecule has 2 atom stereocenters. The van der Waals surface area contributed by atoms with Gasteiger partial charge in [0.25, 0.3) is 0 Å². The molecule has 1 aliphatic rings. The molecule has 0 radical (unpaired) electrons. The lowest BCUT2D eigenvalue weighted by Gasteiger charge is -2.23. The monoisotopic (exact) mass is 230 g/mol. The van der Waals surface area contributed by atoms with E-state index >= 15 is 0 Å². The van der Waals surface area contributed by atoms with E-state index in [0.29, 0.717) is 32.9 Å². The first-order valence-corrected chi connectivity index (χ1v) is 5.91. The van der Waals surface area contributed by atoms with E-state index < -0.39 is 0 Å². The largest absolute Gasteiger partial charge is 0.376 e. The lowest BCUT2D eigenvalue weighted by Crippen LogP contribution is -2.43. The van der Waals surface area contributed by atoms with E-state index in [0.717, 1.165) is 6.54 Å². The van der Waals surface area contributed by atoms with Crippen LogP contribution in [0.3, 0.4) is 0 Å². The number of ether oxygens (including phenoxy) is 2. The van der Waals surface area contributed by atoms with E-state index in [9.17, 15) is 4.79 Å². The quantitative estimate of drug-likeness (QED) is 0.661. The van der Waals surface area contributed by atoms with Gasteiger partial charge in [-0.15, -0.1) is 0 Å². The minimum absolute atomic E-state index is 0.00374. The molecule has 1 rings (SSSR count). The van der Waals surface area contributed by atoms with Crippen LogP contribution in [-0.4, -0.2) is 51.5 Å². The predicted octanol–water partition coefficient (Wildman–Crippen LogP) is -0.236. The van der Waals surface area contributed by atoms with E-state index in [4.69, 9.17) is 9.47 Å². The van der Waals surface area contributed by atoms with E-state index in [2.05, 4.69) is 10.6 Å². The third-order valence-corrected chi connectivity index (χ3v) is 2.54. The number of hydrogen-bond acceptors (Lipinski definition) is 4. The average molecular weight is 230 g/mol. The summed E-state index contributed by atoms with van der Waals surface area (Å²) in [7, 11) is 0. The minimum Gasteiger partial charge on any atom is -0.376 e. The molecule has 1 heterocycles. The molecular formula is C11H22N2O3. The number of amides is 1. The van der Waals surface area contributed by atoms with Crippen LogP contribution in [0.25, 0.3) is 0 Å². The summed E-state index contributed by atoms with van der Waals surface area (Å²) < 4.78 is 10.7. The van der Waals surface area contributed by atoms with Gasteiger partial charge in [0.2, 0.25) is 5.91 Å². The molecule has 1 fully saturated rings. The molecule has 0 aromatic carbocycles. The van der Waals surface area contributed by atoms with Gasteiger partial charge in [0.1, 0.15) is 0 Å². The van der Waals surface area contributed by atoms with Crippen LogP contribution in [0.1, 0.15) is 13.8 Å². The molecule has 16 heavy (non-hydrogen) atoms. The van der Waals surface area contributed by atoms with Crippen LogP contribution in [0, 0.1) is 5.92 Å². The third kappa shape index (κ3) is 4.92. The Balaban J connectivity index is 2.12. The van der Waals surface area contributed by atoms with Gasteiger partial charge in [-0.05, 0) is 6.54 Å². The van der Waals surface area contributed by atoms with Crippen LogP contribution in [0.2, 0.25) is 0 Å². The molecule has 0 aliphatic carbocycles. The van der Waals surface area contributed by atoms with Gasteiger partial charge in [-0.3, -0.25) is 4.79 Å². The number of nitrogens with one attached hydrogen (secondary N) is 2. The van der Waals surface area contributed by atoms with Gasteiger partial charge < -0.3 is 20.1 Å². The SMILES string of the molecule is CCNCC(C)C(=O)NCC1COCCO1. The zero-order chi connectivity index (χ0) is 11.8. The lowest BCUT2D eigenvalue weighted by atomic mass is 10.1. The van der Waals surface area contributed by atoms with Gasteiger partial charge >= 0.3 is 0 Å². The maximum atomic E-state index is 11.6. The predicted molar refractivity (Wildman–Crippen MR) is 61.3 cm³/mol. The molecule has 1 saturated heterocycles. The van der Waals surface area contributed by atoms with Crippen molar-refractivity contribution in [1.29, 1.82) is 0 Å². The molecule has 0 aromatic rings. The Morgan fingerprint density at radius 2 is 2.31 bits per heavy atom. The molecule has 94 valence electrons. The van der Waals surface area contributed by atoms with Crippen molar-refractivity contribution in [1.82, 2.24) is 10.6 Å². The normalized spacial score (nSPS) is 22.8. The Morgan fingerprint density at radius 1 is 1.50 bits per heavy atom. The highest BCUT2D eigenvalue weighted by atomic mass is 16.6. The van der Waals surface area contributed by atoms with Crippen molar-refractivity contribution in [2.75, 3.05) is 39.5 Å². The topological polar surface area (TPSA) is 59.6 Å². The first-order chi connectivity index (χ1) is 7.74. The van der Waals surface area contributed by atoms with Gasteiger partial charge in [-0.25, -0.2) is 0 Å². The smallest absolute Gasteiger partial charge is 0.224 e. The number of carbonyl (C=O) groups is 1. The van der Waals surface area contributed by atoms with Crippen LogP contribution in [0.4, 0.5) is 0 Å². The maximum absolute atomic E-state index is 11.6. The highest BCUT2D eigenvalue weighted by molar-refractivity contribution is 5.78. The van der Waals surface area contributed by atoms with Crippen LogP contribution >= 0.6 is 0 Å². The van der Waals surface area contributed by atoms with Crippen LogP contribution in [-0.2, 0) is 14.3 Å². The van der Waals surface area contributed by atoms with Gasteiger partial charge in [-0.1, -0.05) is 13.8 Å². The maximum Gasteiger partial charge on any atom is 0.224 e. The summed E-state index contributed by atoms with van der Waals surface area (Å²) in [4.78, 5) is 11.6. The Kier molecular flexibility index (Phi) is 6.37. The number of hydrogen-bond donors (Lipinski definition) is 2. The standard InChI is InChI=1S/C11H22N2O3/c1-3-12-6-9(2)11(14)13-7-10-8-15-4-5-16-10/h9-10,12H,3-8H2,1-2H3,(H,13,14). The molecule has 0 bridgehead atoms. The Labute approximate surface area is 96.9 Å². The van der Waals surface area contributed by atoms with Gasteiger partial charge in [-0.2, -0.15) is 0 Å². The zero-order valence-electron chi connectivity index (χ0n) is 10.1. The molecule has 5 heteroatoms. The summed E-state index contributed by atoms with van der Waals surface area (Å²) in [5.41, 5.74) is 0. The first kappa shape index (κ1) is 13.4. The molecule has 1 aliphatic heterocycles. The van der Waals surface area contributed by atoms with E-state index in [-0.39, 0.29) is 17.9 Å². The second-order valence-corrected chi connectivity index (χ2v) is 4.02. The average Bonchev–Trinajstić information content (AvgIpc) is 2.34. The van der Waals surface area contributed by atoms with Crippen LogP contribution in [0.5, 0.6) is 0 Å². The first-order valence-electron chi connectivity index (χ1n) is 5.91.